The van der Waals surface area contributed by atoms with Crippen molar-refractivity contribution in [2.75, 3.05) is 19.6 Å². The van der Waals surface area contributed by atoms with Crippen LogP contribution in [0.15, 0.2) is 24.3 Å². The molecule has 0 spiro atoms. The molecular formula is C17H24N2O. The molecule has 2 aliphatic rings. The van der Waals surface area contributed by atoms with Gasteiger partial charge in [-0.05, 0) is 63.7 Å². The number of carbonyl (C=O) groups excluding carboxylic acids is 1. The first-order valence-electron chi connectivity index (χ1n) is 7.82. The largest absolute Gasteiger partial charge is 0.335 e. The highest BCUT2D eigenvalue weighted by atomic mass is 16.2. The summed E-state index contributed by atoms with van der Waals surface area (Å²) in [4.78, 5) is 14.9. The van der Waals surface area contributed by atoms with Crippen molar-refractivity contribution in [3.05, 3.63) is 35.4 Å². The third-order valence-electron chi connectivity index (χ3n) is 4.46. The Morgan fingerprint density at radius 3 is 2.40 bits per heavy atom. The first kappa shape index (κ1) is 13.6. The molecule has 1 saturated carbocycles. The van der Waals surface area contributed by atoms with Crippen molar-refractivity contribution in [3.63, 3.8) is 0 Å². The number of nitrogens with one attached hydrogen (secondary N) is 1. The van der Waals surface area contributed by atoms with E-state index in [1.165, 1.54) is 31.2 Å². The van der Waals surface area contributed by atoms with Gasteiger partial charge in [-0.3, -0.25) is 4.79 Å². The molecule has 0 radical (unpaired) electrons. The van der Waals surface area contributed by atoms with Crippen molar-refractivity contribution >= 4 is 5.91 Å². The summed E-state index contributed by atoms with van der Waals surface area (Å²) in [5.41, 5.74) is 2.05. The molecule has 1 aromatic carbocycles. The van der Waals surface area contributed by atoms with E-state index in [0.717, 1.165) is 25.2 Å². The fraction of sp³-hybridized carbons (Fsp3) is 0.588. The monoisotopic (exact) mass is 272 g/mol. The van der Waals surface area contributed by atoms with Crippen molar-refractivity contribution in [1.82, 2.24) is 10.2 Å². The normalized spacial score (nSPS) is 19.9. The maximum Gasteiger partial charge on any atom is 0.254 e. The Bertz CT molecular complexity index is 458. The summed E-state index contributed by atoms with van der Waals surface area (Å²) in [7, 11) is 0. The number of benzene rings is 1. The molecule has 1 amide bonds. The fourth-order valence-electron chi connectivity index (χ4n) is 2.99. The van der Waals surface area contributed by atoms with Crippen molar-refractivity contribution < 1.29 is 4.79 Å². The van der Waals surface area contributed by atoms with Crippen molar-refractivity contribution in [1.29, 1.82) is 0 Å². The zero-order valence-corrected chi connectivity index (χ0v) is 12.3. The zero-order chi connectivity index (χ0) is 13.9. The number of rotatable bonds is 4. The van der Waals surface area contributed by atoms with E-state index in [1.807, 2.05) is 24.3 Å². The van der Waals surface area contributed by atoms with E-state index in [0.29, 0.717) is 12.0 Å². The van der Waals surface area contributed by atoms with Gasteiger partial charge in [0.1, 0.15) is 0 Å². The molecule has 3 rings (SSSR count). The predicted molar refractivity (Wildman–Crippen MR) is 80.8 cm³/mol. The second kappa shape index (κ2) is 5.96. The summed E-state index contributed by atoms with van der Waals surface area (Å²) in [6.07, 6.45) is 4.76. The number of amides is 1. The highest BCUT2D eigenvalue weighted by molar-refractivity contribution is 5.94. The number of hydrogen-bond donors (Lipinski definition) is 1. The topological polar surface area (TPSA) is 32.3 Å². The summed E-state index contributed by atoms with van der Waals surface area (Å²) in [5, 5.41) is 3.40. The van der Waals surface area contributed by atoms with Gasteiger partial charge in [0, 0.05) is 18.2 Å². The number of piperidine rings is 1. The smallest absolute Gasteiger partial charge is 0.254 e. The van der Waals surface area contributed by atoms with Crippen LogP contribution in [0.2, 0.25) is 0 Å². The molecule has 0 aromatic heterocycles. The predicted octanol–water partition coefficient (Wildman–Crippen LogP) is 2.60. The second-order valence-electron chi connectivity index (χ2n) is 6.25. The second-order valence-corrected chi connectivity index (χ2v) is 6.25. The van der Waals surface area contributed by atoms with Gasteiger partial charge in [-0.1, -0.05) is 17.7 Å². The first-order chi connectivity index (χ1) is 9.74. The van der Waals surface area contributed by atoms with Crippen LogP contribution in [0.3, 0.4) is 0 Å². The van der Waals surface area contributed by atoms with Crippen LogP contribution in [-0.4, -0.2) is 36.5 Å². The van der Waals surface area contributed by atoms with Crippen LogP contribution >= 0.6 is 0 Å². The summed E-state index contributed by atoms with van der Waals surface area (Å²) in [6.45, 7) is 5.20. The lowest BCUT2D eigenvalue weighted by atomic mass is 9.97. The quantitative estimate of drug-likeness (QED) is 0.913. The van der Waals surface area contributed by atoms with Gasteiger partial charge in [-0.25, -0.2) is 0 Å². The summed E-state index contributed by atoms with van der Waals surface area (Å²) in [5.74, 6) is 0.900. The van der Waals surface area contributed by atoms with Crippen LogP contribution < -0.4 is 5.32 Å². The van der Waals surface area contributed by atoms with E-state index in [1.54, 1.807) is 0 Å². The molecule has 1 N–H and O–H groups in total. The number of hydrogen-bond acceptors (Lipinski definition) is 2. The van der Waals surface area contributed by atoms with Crippen LogP contribution in [0.5, 0.6) is 0 Å². The molecule has 20 heavy (non-hydrogen) atoms. The maximum atomic E-state index is 12.7. The Hall–Kier alpha value is -1.35. The molecule has 1 saturated heterocycles. The van der Waals surface area contributed by atoms with E-state index < -0.39 is 0 Å². The van der Waals surface area contributed by atoms with Crippen LogP contribution in [0.4, 0.5) is 0 Å². The van der Waals surface area contributed by atoms with Crippen LogP contribution in [0, 0.1) is 12.8 Å². The Morgan fingerprint density at radius 1 is 1.15 bits per heavy atom. The van der Waals surface area contributed by atoms with Gasteiger partial charge in [-0.15, -0.1) is 0 Å². The lowest BCUT2D eigenvalue weighted by molar-refractivity contribution is 0.0701. The molecule has 3 nitrogen and oxygen atoms in total. The molecule has 1 heterocycles. The van der Waals surface area contributed by atoms with Crippen LogP contribution in [-0.2, 0) is 0 Å². The van der Waals surface area contributed by atoms with Crippen molar-refractivity contribution in [2.24, 2.45) is 5.92 Å². The average molecular weight is 272 g/mol. The zero-order valence-electron chi connectivity index (χ0n) is 12.3. The van der Waals surface area contributed by atoms with Crippen molar-refractivity contribution in [2.45, 2.75) is 38.6 Å². The summed E-state index contributed by atoms with van der Waals surface area (Å²) >= 11 is 0. The van der Waals surface area contributed by atoms with Gasteiger partial charge in [-0.2, -0.15) is 0 Å². The van der Waals surface area contributed by atoms with Gasteiger partial charge >= 0.3 is 0 Å². The summed E-state index contributed by atoms with van der Waals surface area (Å²) in [6, 6.07) is 8.50. The minimum Gasteiger partial charge on any atom is -0.335 e. The molecule has 1 aliphatic heterocycles. The molecule has 0 bridgehead atoms. The van der Waals surface area contributed by atoms with E-state index in [2.05, 4.69) is 17.1 Å². The molecule has 0 unspecified atom stereocenters. The Kier molecular flexibility index (Phi) is 4.06. The maximum absolute atomic E-state index is 12.7. The molecule has 3 heteroatoms. The lowest BCUT2D eigenvalue weighted by Crippen LogP contribution is -2.40. The number of aryl methyl sites for hydroxylation is 1. The third kappa shape index (κ3) is 3.21. The average Bonchev–Trinajstić information content (AvgIpc) is 3.30. The van der Waals surface area contributed by atoms with Crippen molar-refractivity contribution in [3.8, 4) is 0 Å². The molecule has 1 aromatic rings. The molecule has 0 atom stereocenters. The SMILES string of the molecule is Cc1ccc(C(=O)N(CC2CCNCC2)C2CC2)cc1. The number of carbonyl (C=O) groups is 1. The van der Waals surface area contributed by atoms with Gasteiger partial charge in [0.15, 0.2) is 0 Å². The van der Waals surface area contributed by atoms with Crippen LogP contribution in [0.1, 0.15) is 41.6 Å². The van der Waals surface area contributed by atoms with Gasteiger partial charge in [0.05, 0.1) is 0 Å². The van der Waals surface area contributed by atoms with Crippen LogP contribution in [0.25, 0.3) is 0 Å². The standard InChI is InChI=1S/C17H24N2O/c1-13-2-4-15(5-3-13)17(20)19(16-6-7-16)12-14-8-10-18-11-9-14/h2-5,14,16,18H,6-12H2,1H3. The minimum absolute atomic E-state index is 0.228. The highest BCUT2D eigenvalue weighted by Crippen LogP contribution is 2.30. The lowest BCUT2D eigenvalue weighted by Gasteiger charge is -2.30. The first-order valence-corrected chi connectivity index (χ1v) is 7.82. The molecule has 2 fully saturated rings. The third-order valence-corrected chi connectivity index (χ3v) is 4.46. The fourth-order valence-corrected chi connectivity index (χ4v) is 2.99. The van der Waals surface area contributed by atoms with Gasteiger partial charge in [0.25, 0.3) is 5.91 Å². The Morgan fingerprint density at radius 2 is 1.80 bits per heavy atom. The molecular weight excluding hydrogens is 248 g/mol. The molecule has 108 valence electrons. The highest BCUT2D eigenvalue weighted by Gasteiger charge is 2.34. The van der Waals surface area contributed by atoms with E-state index in [9.17, 15) is 4.79 Å². The van der Waals surface area contributed by atoms with Gasteiger partial charge in [0.2, 0.25) is 0 Å². The Balaban J connectivity index is 1.69. The minimum atomic E-state index is 0.228. The Labute approximate surface area is 121 Å². The van der Waals surface area contributed by atoms with Gasteiger partial charge < -0.3 is 10.2 Å². The molecule has 1 aliphatic carbocycles. The van der Waals surface area contributed by atoms with E-state index >= 15 is 0 Å². The van der Waals surface area contributed by atoms with E-state index in [4.69, 9.17) is 0 Å². The summed E-state index contributed by atoms with van der Waals surface area (Å²) < 4.78 is 0. The number of nitrogens with zero attached hydrogens (tertiary/aromatic N) is 1. The van der Waals surface area contributed by atoms with E-state index in [-0.39, 0.29) is 5.91 Å².